The number of carbonyl (C=O) groups excluding carboxylic acids is 1. The van der Waals surface area contributed by atoms with Gasteiger partial charge in [0.25, 0.3) is 0 Å². The van der Waals surface area contributed by atoms with Crippen LogP contribution < -0.4 is 16.0 Å². The van der Waals surface area contributed by atoms with Crippen LogP contribution in [-0.4, -0.2) is 48.8 Å². The van der Waals surface area contributed by atoms with E-state index in [-0.39, 0.29) is 24.0 Å². The zero-order valence-corrected chi connectivity index (χ0v) is 20.4. The fraction of sp³-hybridized carbons (Fsp3) is 0.722. The Morgan fingerprint density at radius 3 is 2.48 bits per heavy atom. The van der Waals surface area contributed by atoms with Gasteiger partial charge in [-0.25, -0.2) is 9.78 Å². The Kier molecular flexibility index (Phi) is 12.6. The number of hydrogen-bond acceptors (Lipinski definition) is 5. The summed E-state index contributed by atoms with van der Waals surface area (Å²) in [6.45, 7) is 14.3. The lowest BCUT2D eigenvalue weighted by molar-refractivity contribution is 0.0529. The smallest absolute Gasteiger partial charge is 0.407 e. The highest BCUT2D eigenvalue weighted by atomic mass is 127. The zero-order chi connectivity index (χ0) is 19.6. The minimum Gasteiger partial charge on any atom is -0.444 e. The summed E-state index contributed by atoms with van der Waals surface area (Å²) in [5.41, 5.74) is 0.601. The number of halogens is 1. The summed E-state index contributed by atoms with van der Waals surface area (Å²) in [4.78, 5) is 20.8. The first kappa shape index (κ1) is 25.9. The Labute approximate surface area is 184 Å². The number of nitrogens with one attached hydrogen (secondary N) is 3. The van der Waals surface area contributed by atoms with Crippen LogP contribution in [0.15, 0.2) is 10.4 Å². The molecule has 0 radical (unpaired) electrons. The van der Waals surface area contributed by atoms with E-state index in [1.165, 1.54) is 5.01 Å². The van der Waals surface area contributed by atoms with Crippen molar-refractivity contribution in [2.24, 2.45) is 4.99 Å². The summed E-state index contributed by atoms with van der Waals surface area (Å²) in [6.07, 6.45) is 0.404. The number of amides is 1. The fourth-order valence-electron chi connectivity index (χ4n) is 1.99. The van der Waals surface area contributed by atoms with E-state index in [0.717, 1.165) is 24.6 Å². The third-order valence-electron chi connectivity index (χ3n) is 3.13. The summed E-state index contributed by atoms with van der Waals surface area (Å²) < 4.78 is 5.20. The molecule has 0 fully saturated rings. The van der Waals surface area contributed by atoms with Crippen molar-refractivity contribution < 1.29 is 9.53 Å². The van der Waals surface area contributed by atoms with Crippen LogP contribution in [0.25, 0.3) is 0 Å². The van der Waals surface area contributed by atoms with Crippen LogP contribution in [-0.2, 0) is 11.2 Å². The molecule has 0 bridgehead atoms. The predicted molar refractivity (Wildman–Crippen MR) is 124 cm³/mol. The van der Waals surface area contributed by atoms with Gasteiger partial charge in [-0.3, -0.25) is 4.99 Å². The van der Waals surface area contributed by atoms with Gasteiger partial charge in [0, 0.05) is 43.9 Å². The van der Waals surface area contributed by atoms with Crippen molar-refractivity contribution in [2.75, 3.05) is 26.2 Å². The number of aromatic nitrogens is 1. The highest BCUT2D eigenvalue weighted by Gasteiger charge is 2.15. The first-order valence-electron chi connectivity index (χ1n) is 9.14. The topological polar surface area (TPSA) is 87.6 Å². The normalized spacial score (nSPS) is 11.7. The molecule has 1 amide bonds. The molecule has 0 atom stereocenters. The highest BCUT2D eigenvalue weighted by molar-refractivity contribution is 14.0. The van der Waals surface area contributed by atoms with Crippen LogP contribution in [0.4, 0.5) is 4.79 Å². The van der Waals surface area contributed by atoms with Crippen LogP contribution in [0.5, 0.6) is 0 Å². The van der Waals surface area contributed by atoms with Crippen molar-refractivity contribution in [3.05, 3.63) is 16.1 Å². The Bertz CT molecular complexity index is 585. The van der Waals surface area contributed by atoms with Gasteiger partial charge in [0.2, 0.25) is 0 Å². The summed E-state index contributed by atoms with van der Waals surface area (Å²) in [5.74, 6) is 1.20. The predicted octanol–water partition coefficient (Wildman–Crippen LogP) is 3.51. The second kappa shape index (κ2) is 13.1. The lowest BCUT2D eigenvalue weighted by atomic mass is 10.2. The van der Waals surface area contributed by atoms with E-state index >= 15 is 0 Å². The monoisotopic (exact) mass is 511 g/mol. The van der Waals surface area contributed by atoms with E-state index in [2.05, 4.69) is 45.2 Å². The second-order valence-electron chi connectivity index (χ2n) is 7.20. The number of aliphatic imine (C=N–C) groups is 1. The average molecular weight is 511 g/mol. The summed E-state index contributed by atoms with van der Waals surface area (Å²) in [5, 5.41) is 12.4. The maximum absolute atomic E-state index is 11.6. The molecular formula is C18H34IN5O2S. The van der Waals surface area contributed by atoms with Crippen LogP contribution >= 0.6 is 35.3 Å². The Hall–Kier alpha value is -1.10. The number of hydrogen-bond donors (Lipinski definition) is 3. The van der Waals surface area contributed by atoms with E-state index in [4.69, 9.17) is 4.74 Å². The van der Waals surface area contributed by atoms with Gasteiger partial charge in [-0.15, -0.1) is 35.3 Å². The minimum atomic E-state index is -0.487. The molecule has 0 spiro atoms. The average Bonchev–Trinajstić information content (AvgIpc) is 2.99. The van der Waals surface area contributed by atoms with E-state index in [9.17, 15) is 4.79 Å². The molecule has 1 aromatic rings. The van der Waals surface area contributed by atoms with E-state index in [1.54, 1.807) is 11.3 Å². The molecule has 0 unspecified atom stereocenters. The molecule has 1 rings (SSSR count). The van der Waals surface area contributed by atoms with Crippen molar-refractivity contribution in [2.45, 2.75) is 59.5 Å². The zero-order valence-electron chi connectivity index (χ0n) is 17.2. The summed E-state index contributed by atoms with van der Waals surface area (Å²) in [7, 11) is 0. The number of guanidine groups is 1. The van der Waals surface area contributed by atoms with Gasteiger partial charge in [-0.2, -0.15) is 0 Å². The minimum absolute atomic E-state index is 0. The van der Waals surface area contributed by atoms with Crippen molar-refractivity contribution in [1.82, 2.24) is 20.9 Å². The first-order chi connectivity index (χ1) is 12.2. The fourth-order valence-corrected chi connectivity index (χ4v) is 2.86. The molecular weight excluding hydrogens is 477 g/mol. The standard InChI is InChI=1S/C18H33N5O2S.HI/c1-7-19-16(21-10-11-22-17(24)25-18(4,5)6)20-9-8-14-12-26-15(23-14)13(2)3;/h12-13H,7-11H2,1-6H3,(H,22,24)(H2,19,20,21);1H. The number of ether oxygens (including phenoxy) is 1. The Morgan fingerprint density at radius 2 is 1.93 bits per heavy atom. The van der Waals surface area contributed by atoms with Gasteiger partial charge in [-0.05, 0) is 27.7 Å². The largest absolute Gasteiger partial charge is 0.444 e. The van der Waals surface area contributed by atoms with Gasteiger partial charge in [0.1, 0.15) is 5.60 Å². The number of alkyl carbamates (subject to hydrolysis) is 1. The molecule has 0 aromatic carbocycles. The molecule has 0 aliphatic heterocycles. The van der Waals surface area contributed by atoms with Gasteiger partial charge in [0.05, 0.1) is 10.7 Å². The highest BCUT2D eigenvalue weighted by Crippen LogP contribution is 2.19. The summed E-state index contributed by atoms with van der Waals surface area (Å²) >= 11 is 1.71. The van der Waals surface area contributed by atoms with Crippen molar-refractivity contribution in [3.63, 3.8) is 0 Å². The van der Waals surface area contributed by atoms with Gasteiger partial charge < -0.3 is 20.7 Å². The lowest BCUT2D eigenvalue weighted by Gasteiger charge is -2.19. The molecule has 3 N–H and O–H groups in total. The third-order valence-corrected chi connectivity index (χ3v) is 4.33. The van der Waals surface area contributed by atoms with Crippen LogP contribution in [0, 0.1) is 0 Å². The lowest BCUT2D eigenvalue weighted by Crippen LogP contribution is -2.42. The number of carbonyl (C=O) groups is 1. The molecule has 7 nitrogen and oxygen atoms in total. The Balaban J connectivity index is 0.00000676. The maximum atomic E-state index is 11.6. The van der Waals surface area contributed by atoms with Crippen LogP contribution in [0.1, 0.15) is 58.2 Å². The van der Waals surface area contributed by atoms with Gasteiger partial charge in [-0.1, -0.05) is 13.8 Å². The molecule has 27 heavy (non-hydrogen) atoms. The third kappa shape index (κ3) is 12.1. The molecule has 9 heteroatoms. The molecule has 0 saturated heterocycles. The molecule has 1 heterocycles. The van der Waals surface area contributed by atoms with Crippen molar-refractivity contribution in [3.8, 4) is 0 Å². The number of rotatable bonds is 8. The summed E-state index contributed by atoms with van der Waals surface area (Å²) in [6, 6.07) is 0. The Morgan fingerprint density at radius 1 is 1.26 bits per heavy atom. The molecule has 0 aliphatic rings. The van der Waals surface area contributed by atoms with Gasteiger partial charge in [0.15, 0.2) is 5.96 Å². The van der Waals surface area contributed by atoms with Crippen molar-refractivity contribution in [1.29, 1.82) is 0 Å². The van der Waals surface area contributed by atoms with Gasteiger partial charge >= 0.3 is 6.09 Å². The number of nitrogens with zero attached hydrogens (tertiary/aromatic N) is 2. The molecule has 0 aliphatic carbocycles. The molecule has 1 aromatic heterocycles. The molecule has 156 valence electrons. The maximum Gasteiger partial charge on any atom is 0.407 e. The van der Waals surface area contributed by atoms with Crippen LogP contribution in [0.2, 0.25) is 0 Å². The quantitative estimate of drug-likeness (QED) is 0.215. The van der Waals surface area contributed by atoms with E-state index < -0.39 is 11.7 Å². The second-order valence-corrected chi connectivity index (χ2v) is 8.09. The van der Waals surface area contributed by atoms with E-state index in [1.807, 2.05) is 27.7 Å². The van der Waals surface area contributed by atoms with E-state index in [0.29, 0.717) is 25.6 Å². The van der Waals surface area contributed by atoms with Crippen LogP contribution in [0.3, 0.4) is 0 Å². The SMILES string of the molecule is CCNC(=NCCc1csc(C(C)C)n1)NCCNC(=O)OC(C)(C)C.I. The number of thiazole rings is 1. The molecule has 0 saturated carbocycles. The first-order valence-corrected chi connectivity index (χ1v) is 10.0. The van der Waals surface area contributed by atoms with Crippen molar-refractivity contribution >= 4 is 47.4 Å².